The van der Waals surface area contributed by atoms with Crippen LogP contribution in [-0.2, 0) is 11.3 Å². The molecule has 0 bridgehead atoms. The van der Waals surface area contributed by atoms with Crippen molar-refractivity contribution in [3.8, 4) is 5.75 Å². The molecule has 1 aliphatic heterocycles. The van der Waals surface area contributed by atoms with Crippen molar-refractivity contribution >= 4 is 0 Å². The van der Waals surface area contributed by atoms with Crippen LogP contribution in [0.15, 0.2) is 48.5 Å². The lowest BCUT2D eigenvalue weighted by Crippen LogP contribution is -2.35. The van der Waals surface area contributed by atoms with Crippen LogP contribution in [0.2, 0.25) is 0 Å². The molecule has 1 fully saturated rings. The molecule has 2 aromatic carbocycles. The van der Waals surface area contributed by atoms with E-state index in [1.54, 1.807) is 24.3 Å². The zero-order valence-electron chi connectivity index (χ0n) is 14.1. The number of hydrogen-bond donors (Lipinski definition) is 2. The van der Waals surface area contributed by atoms with Gasteiger partial charge in [0.05, 0.1) is 12.2 Å². The van der Waals surface area contributed by atoms with Gasteiger partial charge in [-0.3, -0.25) is 4.90 Å². The standard InChI is InChI=1S/C20H24FNO3/c21-17-9-7-15(8-10-17)20(24)14-22(13-18-5-3-11-25-18)12-16-4-1-2-6-19(16)23/h1-2,4,6-10,18,20,23-24H,3,5,11-14H2. The third kappa shape index (κ3) is 5.01. The third-order valence-electron chi connectivity index (χ3n) is 4.56. The maximum Gasteiger partial charge on any atom is 0.123 e. The molecule has 0 aliphatic carbocycles. The molecule has 3 rings (SSSR count). The van der Waals surface area contributed by atoms with Crippen LogP contribution in [0.1, 0.15) is 30.1 Å². The number of halogens is 1. The average Bonchev–Trinajstić information content (AvgIpc) is 3.10. The van der Waals surface area contributed by atoms with Gasteiger partial charge < -0.3 is 14.9 Å². The average molecular weight is 345 g/mol. The fraction of sp³-hybridized carbons (Fsp3) is 0.400. The van der Waals surface area contributed by atoms with Gasteiger partial charge in [-0.15, -0.1) is 0 Å². The number of benzene rings is 2. The van der Waals surface area contributed by atoms with Gasteiger partial charge in [-0.05, 0) is 36.6 Å². The Balaban J connectivity index is 1.70. The Hall–Kier alpha value is -1.95. The Morgan fingerprint density at radius 2 is 1.92 bits per heavy atom. The highest BCUT2D eigenvalue weighted by Gasteiger charge is 2.22. The highest BCUT2D eigenvalue weighted by Crippen LogP contribution is 2.23. The molecule has 0 aromatic heterocycles. The van der Waals surface area contributed by atoms with Gasteiger partial charge in [0.25, 0.3) is 0 Å². The summed E-state index contributed by atoms with van der Waals surface area (Å²) in [7, 11) is 0. The van der Waals surface area contributed by atoms with Crippen LogP contribution < -0.4 is 0 Å². The van der Waals surface area contributed by atoms with E-state index < -0.39 is 6.10 Å². The molecular formula is C20H24FNO3. The quantitative estimate of drug-likeness (QED) is 0.809. The van der Waals surface area contributed by atoms with Crippen LogP contribution in [0, 0.1) is 5.82 Å². The summed E-state index contributed by atoms with van der Waals surface area (Å²) >= 11 is 0. The zero-order valence-corrected chi connectivity index (χ0v) is 14.1. The molecule has 1 heterocycles. The molecule has 0 amide bonds. The van der Waals surface area contributed by atoms with Crippen molar-refractivity contribution < 1.29 is 19.3 Å². The second kappa shape index (κ2) is 8.43. The van der Waals surface area contributed by atoms with Gasteiger partial charge in [-0.2, -0.15) is 0 Å². The van der Waals surface area contributed by atoms with Crippen molar-refractivity contribution in [2.24, 2.45) is 0 Å². The summed E-state index contributed by atoms with van der Waals surface area (Å²) in [5, 5.41) is 20.6. The Labute approximate surface area is 147 Å². The third-order valence-corrected chi connectivity index (χ3v) is 4.56. The van der Waals surface area contributed by atoms with E-state index in [0.29, 0.717) is 25.2 Å². The number of phenolic OH excluding ortho intramolecular Hbond substituents is 1. The number of phenols is 1. The molecule has 5 heteroatoms. The molecule has 2 aromatic rings. The number of nitrogens with zero attached hydrogens (tertiary/aromatic N) is 1. The van der Waals surface area contributed by atoms with Crippen molar-refractivity contribution in [1.29, 1.82) is 0 Å². The number of aromatic hydroxyl groups is 1. The molecule has 0 spiro atoms. The van der Waals surface area contributed by atoms with Crippen molar-refractivity contribution in [2.45, 2.75) is 31.6 Å². The van der Waals surface area contributed by atoms with Gasteiger partial charge in [-0.25, -0.2) is 4.39 Å². The SMILES string of the molecule is Oc1ccccc1CN(CC1CCCO1)CC(O)c1ccc(F)cc1. The molecule has 25 heavy (non-hydrogen) atoms. The van der Waals surface area contributed by atoms with E-state index in [4.69, 9.17) is 4.74 Å². The van der Waals surface area contributed by atoms with E-state index in [9.17, 15) is 14.6 Å². The van der Waals surface area contributed by atoms with Gasteiger partial charge in [0.2, 0.25) is 0 Å². The normalized spacial score (nSPS) is 18.6. The highest BCUT2D eigenvalue weighted by molar-refractivity contribution is 5.31. The van der Waals surface area contributed by atoms with Gasteiger partial charge in [0, 0.05) is 31.8 Å². The summed E-state index contributed by atoms with van der Waals surface area (Å²) < 4.78 is 18.8. The zero-order chi connectivity index (χ0) is 17.6. The summed E-state index contributed by atoms with van der Waals surface area (Å²) in [5.74, 6) is -0.0718. The summed E-state index contributed by atoms with van der Waals surface area (Å²) in [6.07, 6.45) is 1.47. The van der Waals surface area contributed by atoms with Crippen LogP contribution in [0.3, 0.4) is 0 Å². The Kier molecular flexibility index (Phi) is 6.02. The molecule has 134 valence electrons. The van der Waals surface area contributed by atoms with Crippen LogP contribution >= 0.6 is 0 Å². The maximum absolute atomic E-state index is 13.1. The molecule has 1 aliphatic rings. The van der Waals surface area contributed by atoms with Crippen LogP contribution in [0.25, 0.3) is 0 Å². The molecule has 2 atom stereocenters. The number of hydrogen-bond acceptors (Lipinski definition) is 4. The first-order valence-corrected chi connectivity index (χ1v) is 8.66. The minimum atomic E-state index is -0.729. The van der Waals surface area contributed by atoms with Gasteiger partial charge in [-0.1, -0.05) is 30.3 Å². The smallest absolute Gasteiger partial charge is 0.123 e. The fourth-order valence-electron chi connectivity index (χ4n) is 3.20. The highest BCUT2D eigenvalue weighted by atomic mass is 19.1. The summed E-state index contributed by atoms with van der Waals surface area (Å²) in [6, 6.07) is 13.1. The molecular weight excluding hydrogens is 321 g/mol. The van der Waals surface area contributed by atoms with Gasteiger partial charge in [0.1, 0.15) is 11.6 Å². The first-order valence-electron chi connectivity index (χ1n) is 8.66. The minimum Gasteiger partial charge on any atom is -0.508 e. The second-order valence-corrected chi connectivity index (χ2v) is 6.53. The predicted octanol–water partition coefficient (Wildman–Crippen LogP) is 3.25. The van der Waals surface area contributed by atoms with E-state index >= 15 is 0 Å². The maximum atomic E-state index is 13.1. The monoisotopic (exact) mass is 345 g/mol. The summed E-state index contributed by atoms with van der Waals surface area (Å²) in [5.41, 5.74) is 1.49. The van der Waals surface area contributed by atoms with Crippen molar-refractivity contribution in [3.05, 3.63) is 65.5 Å². The first-order chi connectivity index (χ1) is 12.1. The number of aliphatic hydroxyl groups is 1. The van der Waals surface area contributed by atoms with E-state index in [1.165, 1.54) is 12.1 Å². The molecule has 1 saturated heterocycles. The Morgan fingerprint density at radius 1 is 1.16 bits per heavy atom. The van der Waals surface area contributed by atoms with E-state index in [2.05, 4.69) is 4.90 Å². The molecule has 0 radical (unpaired) electrons. The summed E-state index contributed by atoms with van der Waals surface area (Å²) in [4.78, 5) is 2.08. The topological polar surface area (TPSA) is 52.9 Å². The van der Waals surface area contributed by atoms with Crippen LogP contribution in [-0.4, -0.2) is 40.9 Å². The molecule has 2 N–H and O–H groups in total. The Bertz CT molecular complexity index is 671. The first kappa shape index (κ1) is 17.9. The molecule has 4 nitrogen and oxygen atoms in total. The largest absolute Gasteiger partial charge is 0.508 e. The number of ether oxygens (including phenoxy) is 1. The Morgan fingerprint density at radius 3 is 2.60 bits per heavy atom. The lowest BCUT2D eigenvalue weighted by molar-refractivity contribution is 0.0457. The van der Waals surface area contributed by atoms with Crippen LogP contribution in [0.5, 0.6) is 5.75 Å². The molecule has 0 saturated carbocycles. The molecule has 2 unspecified atom stereocenters. The number of rotatable bonds is 7. The van der Waals surface area contributed by atoms with Crippen LogP contribution in [0.4, 0.5) is 4.39 Å². The van der Waals surface area contributed by atoms with E-state index in [1.807, 2.05) is 12.1 Å². The van der Waals surface area contributed by atoms with Crippen molar-refractivity contribution in [3.63, 3.8) is 0 Å². The minimum absolute atomic E-state index is 0.145. The van der Waals surface area contributed by atoms with Crippen molar-refractivity contribution in [1.82, 2.24) is 4.90 Å². The predicted molar refractivity (Wildman–Crippen MR) is 93.7 cm³/mol. The van der Waals surface area contributed by atoms with E-state index in [0.717, 1.165) is 25.0 Å². The van der Waals surface area contributed by atoms with Gasteiger partial charge in [0.15, 0.2) is 0 Å². The van der Waals surface area contributed by atoms with Gasteiger partial charge >= 0.3 is 0 Å². The fourth-order valence-corrected chi connectivity index (χ4v) is 3.20. The number of aliphatic hydroxyl groups excluding tert-OH is 1. The van der Waals surface area contributed by atoms with E-state index in [-0.39, 0.29) is 17.7 Å². The lowest BCUT2D eigenvalue weighted by atomic mass is 10.1. The number of para-hydroxylation sites is 1. The van der Waals surface area contributed by atoms with Crippen molar-refractivity contribution in [2.75, 3.05) is 19.7 Å². The summed E-state index contributed by atoms with van der Waals surface area (Å²) in [6.45, 7) is 2.37. The second-order valence-electron chi connectivity index (χ2n) is 6.53. The lowest BCUT2D eigenvalue weighted by Gasteiger charge is -2.28.